The maximum atomic E-state index is 12.8. The number of aryl methyl sites for hydroxylation is 2. The average Bonchev–Trinajstić information content (AvgIpc) is 2.97. The van der Waals surface area contributed by atoms with E-state index in [1.807, 2.05) is 10.7 Å². The highest BCUT2D eigenvalue weighted by atomic mass is 35.5. The van der Waals surface area contributed by atoms with Gasteiger partial charge in [-0.15, -0.1) is 12.4 Å². The molecule has 2 aromatic rings. The summed E-state index contributed by atoms with van der Waals surface area (Å²) >= 11 is 5.70. The van der Waals surface area contributed by atoms with Gasteiger partial charge in [0.05, 0.1) is 17.9 Å². The third kappa shape index (κ3) is 4.13. The van der Waals surface area contributed by atoms with E-state index in [9.17, 15) is 18.0 Å². The zero-order chi connectivity index (χ0) is 18.2. The van der Waals surface area contributed by atoms with Gasteiger partial charge in [-0.05, 0) is 19.0 Å². The van der Waals surface area contributed by atoms with E-state index in [4.69, 9.17) is 11.6 Å². The van der Waals surface area contributed by atoms with E-state index in [0.29, 0.717) is 12.2 Å². The highest BCUT2D eigenvalue weighted by Gasteiger charge is 2.39. The van der Waals surface area contributed by atoms with Crippen LogP contribution in [0.1, 0.15) is 34.0 Å². The largest absolute Gasteiger partial charge is 0.436 e. The summed E-state index contributed by atoms with van der Waals surface area (Å²) in [5, 5.41) is 12.8. The molecule has 0 unspecified atom stereocenters. The van der Waals surface area contributed by atoms with Crippen molar-refractivity contribution in [2.24, 2.45) is 7.05 Å². The lowest BCUT2D eigenvalue weighted by atomic mass is 10.3. The second kappa shape index (κ2) is 7.85. The molecule has 0 aliphatic carbocycles. The predicted octanol–water partition coefficient (Wildman–Crippen LogP) is 2.13. The van der Waals surface area contributed by atoms with Crippen LogP contribution in [-0.4, -0.2) is 32.0 Å². The number of carbonyl (C=O) groups is 1. The van der Waals surface area contributed by atoms with Crippen molar-refractivity contribution in [3.05, 3.63) is 33.9 Å². The standard InChI is InChI=1S/C14H16ClF3N6O.ClH/c1-23-11(10(15)12(22-23)14(16,17)18)13(25)20-6-8-5-9-7-19-3-2-4-24(9)21-8;/h5,19H,2-4,6-7H2,1H3,(H,20,25);1H. The van der Waals surface area contributed by atoms with Gasteiger partial charge in [-0.1, -0.05) is 11.6 Å². The van der Waals surface area contributed by atoms with E-state index in [-0.39, 0.29) is 24.6 Å². The Morgan fingerprint density at radius 1 is 1.42 bits per heavy atom. The predicted molar refractivity (Wildman–Crippen MR) is 90.2 cm³/mol. The number of fused-ring (bicyclic) bond motifs is 1. The molecule has 1 aliphatic heterocycles. The van der Waals surface area contributed by atoms with Crippen molar-refractivity contribution in [2.75, 3.05) is 6.54 Å². The van der Waals surface area contributed by atoms with Crippen molar-refractivity contribution in [2.45, 2.75) is 32.2 Å². The fourth-order valence-corrected chi connectivity index (χ4v) is 3.04. The molecule has 0 spiro atoms. The van der Waals surface area contributed by atoms with Gasteiger partial charge in [0.25, 0.3) is 5.91 Å². The Hall–Kier alpha value is -1.78. The highest BCUT2D eigenvalue weighted by molar-refractivity contribution is 6.34. The van der Waals surface area contributed by atoms with Crippen LogP contribution in [0.5, 0.6) is 0 Å². The maximum Gasteiger partial charge on any atom is 0.436 e. The van der Waals surface area contributed by atoms with E-state index < -0.39 is 22.8 Å². The van der Waals surface area contributed by atoms with Crippen LogP contribution in [0.25, 0.3) is 0 Å². The van der Waals surface area contributed by atoms with Crippen molar-refractivity contribution in [3.63, 3.8) is 0 Å². The molecule has 0 aromatic carbocycles. The van der Waals surface area contributed by atoms with Gasteiger partial charge >= 0.3 is 6.18 Å². The van der Waals surface area contributed by atoms with E-state index >= 15 is 0 Å². The molecule has 144 valence electrons. The smallest absolute Gasteiger partial charge is 0.345 e. The van der Waals surface area contributed by atoms with Crippen LogP contribution in [0.2, 0.25) is 5.02 Å². The zero-order valence-corrected chi connectivity index (χ0v) is 15.3. The summed E-state index contributed by atoms with van der Waals surface area (Å²) in [6, 6.07) is 1.85. The molecule has 2 N–H and O–H groups in total. The molecule has 0 saturated carbocycles. The lowest BCUT2D eigenvalue weighted by Crippen LogP contribution is -2.25. The third-order valence-corrected chi connectivity index (χ3v) is 4.20. The number of hydrogen-bond donors (Lipinski definition) is 2. The number of nitrogens with zero attached hydrogens (tertiary/aromatic N) is 4. The van der Waals surface area contributed by atoms with Crippen LogP contribution in [0, 0.1) is 0 Å². The van der Waals surface area contributed by atoms with Gasteiger partial charge in [-0.25, -0.2) is 0 Å². The quantitative estimate of drug-likeness (QED) is 0.809. The Labute approximate surface area is 158 Å². The summed E-state index contributed by atoms with van der Waals surface area (Å²) in [5.41, 5.74) is 0.0130. The fourth-order valence-electron chi connectivity index (χ4n) is 2.69. The molecule has 7 nitrogen and oxygen atoms in total. The summed E-state index contributed by atoms with van der Waals surface area (Å²) in [6.45, 7) is 2.46. The molecule has 1 amide bonds. The Kier molecular flexibility index (Phi) is 6.20. The number of carbonyl (C=O) groups excluding carboxylic acids is 1. The molecule has 26 heavy (non-hydrogen) atoms. The van der Waals surface area contributed by atoms with Crippen molar-refractivity contribution in [3.8, 4) is 0 Å². The molecule has 0 fully saturated rings. The zero-order valence-electron chi connectivity index (χ0n) is 13.7. The number of hydrogen-bond acceptors (Lipinski definition) is 4. The van der Waals surface area contributed by atoms with Crippen LogP contribution >= 0.6 is 24.0 Å². The van der Waals surface area contributed by atoms with Crippen LogP contribution in [-0.2, 0) is 32.9 Å². The number of rotatable bonds is 3. The summed E-state index contributed by atoms with van der Waals surface area (Å²) in [7, 11) is 1.24. The molecule has 0 bridgehead atoms. The van der Waals surface area contributed by atoms with Gasteiger partial charge in [0, 0.05) is 20.1 Å². The minimum Gasteiger partial charge on any atom is -0.345 e. The first-order valence-corrected chi connectivity index (χ1v) is 7.99. The second-order valence-electron chi connectivity index (χ2n) is 5.70. The van der Waals surface area contributed by atoms with Gasteiger partial charge in [-0.3, -0.25) is 14.2 Å². The van der Waals surface area contributed by atoms with Gasteiger partial charge in [0.1, 0.15) is 10.7 Å². The summed E-state index contributed by atoms with van der Waals surface area (Å²) < 4.78 is 41.1. The first-order chi connectivity index (χ1) is 11.8. The van der Waals surface area contributed by atoms with E-state index in [1.54, 1.807) is 0 Å². The Morgan fingerprint density at radius 3 is 2.81 bits per heavy atom. The van der Waals surface area contributed by atoms with Crippen LogP contribution in [0.3, 0.4) is 0 Å². The second-order valence-corrected chi connectivity index (χ2v) is 6.07. The van der Waals surface area contributed by atoms with Crippen molar-refractivity contribution < 1.29 is 18.0 Å². The lowest BCUT2D eigenvalue weighted by Gasteiger charge is -2.05. The summed E-state index contributed by atoms with van der Waals surface area (Å²) in [6.07, 6.45) is -3.77. The maximum absolute atomic E-state index is 12.8. The Balaban J connectivity index is 0.00000243. The van der Waals surface area contributed by atoms with E-state index in [0.717, 1.165) is 29.9 Å². The van der Waals surface area contributed by atoms with Crippen molar-refractivity contribution >= 4 is 29.9 Å². The molecular formula is C14H17Cl2F3N6O. The summed E-state index contributed by atoms with van der Waals surface area (Å²) in [4.78, 5) is 12.2. The number of halogens is 5. The molecule has 0 radical (unpaired) electrons. The lowest BCUT2D eigenvalue weighted by molar-refractivity contribution is -0.141. The van der Waals surface area contributed by atoms with Crippen molar-refractivity contribution in [1.29, 1.82) is 0 Å². The van der Waals surface area contributed by atoms with Crippen molar-refractivity contribution in [1.82, 2.24) is 30.2 Å². The molecule has 1 aliphatic rings. The number of alkyl halides is 3. The molecule has 3 rings (SSSR count). The van der Waals surface area contributed by atoms with Gasteiger partial charge in [0.2, 0.25) is 0 Å². The molecule has 12 heteroatoms. The van der Waals surface area contributed by atoms with E-state index in [2.05, 4.69) is 20.8 Å². The third-order valence-electron chi connectivity index (χ3n) is 3.85. The highest BCUT2D eigenvalue weighted by Crippen LogP contribution is 2.35. The minimum absolute atomic E-state index is 0. The fraction of sp³-hybridized carbons (Fsp3) is 0.500. The number of aromatic nitrogens is 4. The molecule has 2 aromatic heterocycles. The molecule has 0 saturated heterocycles. The molecule has 3 heterocycles. The monoisotopic (exact) mass is 412 g/mol. The van der Waals surface area contributed by atoms with Crippen LogP contribution in [0.15, 0.2) is 6.07 Å². The first-order valence-electron chi connectivity index (χ1n) is 7.61. The topological polar surface area (TPSA) is 76.8 Å². The van der Waals surface area contributed by atoms with Gasteiger partial charge < -0.3 is 10.6 Å². The van der Waals surface area contributed by atoms with Gasteiger partial charge in [0.15, 0.2) is 5.69 Å². The average molecular weight is 413 g/mol. The minimum atomic E-state index is -4.72. The van der Waals surface area contributed by atoms with Crippen LogP contribution < -0.4 is 10.6 Å². The van der Waals surface area contributed by atoms with E-state index in [1.165, 1.54) is 7.05 Å². The molecular weight excluding hydrogens is 396 g/mol. The van der Waals surface area contributed by atoms with Gasteiger partial charge in [-0.2, -0.15) is 23.4 Å². The Morgan fingerprint density at radius 2 is 2.15 bits per heavy atom. The number of amides is 1. The SMILES string of the molecule is Cl.Cn1nc(C(F)(F)F)c(Cl)c1C(=O)NCc1cc2n(n1)CCCNC2. The first kappa shape index (κ1) is 20.5. The number of nitrogens with one attached hydrogen (secondary N) is 2. The Bertz CT molecular complexity index is 778. The normalized spacial score (nSPS) is 14.3. The molecule has 0 atom stereocenters. The summed E-state index contributed by atoms with van der Waals surface area (Å²) in [5.74, 6) is -0.739. The van der Waals surface area contributed by atoms with Crippen LogP contribution in [0.4, 0.5) is 13.2 Å².